The van der Waals surface area contributed by atoms with Crippen molar-refractivity contribution >= 4 is 35.0 Å². The Labute approximate surface area is 168 Å². The molecule has 0 atom stereocenters. The normalized spacial score (nSPS) is 10.8. The zero-order chi connectivity index (χ0) is 19.2. The number of hydrogen-bond acceptors (Lipinski definition) is 4. The van der Waals surface area contributed by atoms with Gasteiger partial charge in [-0.2, -0.15) is 0 Å². The molecule has 7 heteroatoms. The van der Waals surface area contributed by atoms with E-state index in [9.17, 15) is 4.79 Å². The number of nitrogens with zero attached hydrogens (tertiary/aromatic N) is 3. The van der Waals surface area contributed by atoms with E-state index >= 15 is 0 Å². The van der Waals surface area contributed by atoms with E-state index in [0.717, 1.165) is 40.8 Å². The fraction of sp³-hybridized carbons (Fsp3) is 0.250. The molecule has 27 heavy (non-hydrogen) atoms. The van der Waals surface area contributed by atoms with Crippen LogP contribution < -0.4 is 5.32 Å². The van der Waals surface area contributed by atoms with Crippen LogP contribution in [0.15, 0.2) is 53.7 Å². The molecule has 0 saturated heterocycles. The van der Waals surface area contributed by atoms with Crippen LogP contribution in [0.1, 0.15) is 18.9 Å². The minimum atomic E-state index is -0.0667. The van der Waals surface area contributed by atoms with Gasteiger partial charge in [-0.15, -0.1) is 10.2 Å². The molecule has 1 amide bonds. The van der Waals surface area contributed by atoms with E-state index in [1.165, 1.54) is 11.8 Å². The number of thioether (sulfide) groups is 1. The molecule has 0 fully saturated rings. The lowest BCUT2D eigenvalue weighted by Gasteiger charge is -2.09. The van der Waals surface area contributed by atoms with E-state index in [-0.39, 0.29) is 11.7 Å². The number of aryl methyl sites for hydroxylation is 1. The van der Waals surface area contributed by atoms with Gasteiger partial charge < -0.3 is 9.88 Å². The van der Waals surface area contributed by atoms with Crippen LogP contribution in [0.2, 0.25) is 5.02 Å². The number of amides is 1. The first kappa shape index (κ1) is 19.5. The molecule has 1 heterocycles. The van der Waals surface area contributed by atoms with Crippen molar-refractivity contribution in [2.45, 2.75) is 32.0 Å². The van der Waals surface area contributed by atoms with Crippen molar-refractivity contribution in [2.75, 3.05) is 11.1 Å². The Hall–Kier alpha value is -2.31. The van der Waals surface area contributed by atoms with Gasteiger partial charge in [-0.25, -0.2) is 0 Å². The Morgan fingerprint density at radius 1 is 1.11 bits per heavy atom. The molecule has 0 aliphatic carbocycles. The largest absolute Gasteiger partial charge is 0.325 e. The number of carbonyl (C=O) groups is 1. The number of carbonyl (C=O) groups excluding carboxylic acids is 1. The summed E-state index contributed by atoms with van der Waals surface area (Å²) in [5.74, 6) is 0.994. The molecule has 140 valence electrons. The van der Waals surface area contributed by atoms with E-state index in [1.54, 1.807) is 0 Å². The van der Waals surface area contributed by atoms with Crippen molar-refractivity contribution in [3.05, 3.63) is 59.1 Å². The zero-order valence-electron chi connectivity index (χ0n) is 15.3. The lowest BCUT2D eigenvalue weighted by molar-refractivity contribution is -0.113. The highest BCUT2D eigenvalue weighted by Crippen LogP contribution is 2.25. The standard InChI is InChI=1S/C20H21ClN4OS/c1-3-12-25-19(15-6-8-16(21)9-7-15)23-24-20(25)27-13-18(26)22-17-10-4-14(2)5-11-17/h4-11H,3,12-13H2,1-2H3,(H,22,26). The third kappa shape index (κ3) is 5.11. The van der Waals surface area contributed by atoms with E-state index in [0.29, 0.717) is 5.02 Å². The van der Waals surface area contributed by atoms with Crippen LogP contribution in [-0.4, -0.2) is 26.4 Å². The van der Waals surface area contributed by atoms with E-state index in [1.807, 2.05) is 60.0 Å². The Morgan fingerprint density at radius 3 is 2.48 bits per heavy atom. The molecular formula is C20H21ClN4OS. The van der Waals surface area contributed by atoms with Gasteiger partial charge in [0.2, 0.25) is 5.91 Å². The summed E-state index contributed by atoms with van der Waals surface area (Å²) in [4.78, 5) is 12.3. The molecule has 0 aliphatic heterocycles. The SMILES string of the molecule is CCCn1c(SCC(=O)Nc2ccc(C)cc2)nnc1-c1ccc(Cl)cc1. The number of anilines is 1. The summed E-state index contributed by atoms with van der Waals surface area (Å²) in [7, 11) is 0. The van der Waals surface area contributed by atoms with Crippen LogP contribution >= 0.6 is 23.4 Å². The molecule has 3 aromatic rings. The zero-order valence-corrected chi connectivity index (χ0v) is 16.8. The molecule has 3 rings (SSSR count). The molecule has 2 aromatic carbocycles. The average Bonchev–Trinajstić information content (AvgIpc) is 3.06. The lowest BCUT2D eigenvalue weighted by Crippen LogP contribution is -2.14. The maximum absolute atomic E-state index is 12.3. The summed E-state index contributed by atoms with van der Waals surface area (Å²) < 4.78 is 2.05. The smallest absolute Gasteiger partial charge is 0.234 e. The number of benzene rings is 2. The second kappa shape index (κ2) is 9.06. The molecule has 1 aromatic heterocycles. The molecule has 0 unspecified atom stereocenters. The Balaban J connectivity index is 1.70. The third-order valence-electron chi connectivity index (χ3n) is 3.93. The first-order valence-electron chi connectivity index (χ1n) is 8.75. The quantitative estimate of drug-likeness (QED) is 0.564. The maximum Gasteiger partial charge on any atom is 0.234 e. The molecule has 1 N–H and O–H groups in total. The maximum atomic E-state index is 12.3. The first-order chi connectivity index (χ1) is 13.1. The van der Waals surface area contributed by atoms with Crippen LogP contribution in [0.5, 0.6) is 0 Å². The minimum Gasteiger partial charge on any atom is -0.325 e. The molecule has 0 bridgehead atoms. The lowest BCUT2D eigenvalue weighted by atomic mass is 10.2. The Morgan fingerprint density at radius 2 is 1.81 bits per heavy atom. The molecule has 0 radical (unpaired) electrons. The minimum absolute atomic E-state index is 0.0667. The van der Waals surface area contributed by atoms with Crippen molar-refractivity contribution < 1.29 is 4.79 Å². The van der Waals surface area contributed by atoms with Gasteiger partial charge in [0.15, 0.2) is 11.0 Å². The highest BCUT2D eigenvalue weighted by molar-refractivity contribution is 7.99. The number of halogens is 1. The highest BCUT2D eigenvalue weighted by atomic mass is 35.5. The summed E-state index contributed by atoms with van der Waals surface area (Å²) in [5, 5.41) is 12.9. The van der Waals surface area contributed by atoms with E-state index in [4.69, 9.17) is 11.6 Å². The second-order valence-electron chi connectivity index (χ2n) is 6.17. The molecule has 0 spiro atoms. The number of nitrogens with one attached hydrogen (secondary N) is 1. The number of rotatable bonds is 7. The first-order valence-corrected chi connectivity index (χ1v) is 10.1. The van der Waals surface area contributed by atoms with Gasteiger partial charge in [0.25, 0.3) is 0 Å². The fourth-order valence-electron chi connectivity index (χ4n) is 2.60. The molecule has 5 nitrogen and oxygen atoms in total. The topological polar surface area (TPSA) is 59.8 Å². The van der Waals surface area contributed by atoms with Gasteiger partial charge in [-0.05, 0) is 49.7 Å². The summed E-state index contributed by atoms with van der Waals surface area (Å²) in [5.41, 5.74) is 2.91. The summed E-state index contributed by atoms with van der Waals surface area (Å²) in [6, 6.07) is 15.3. The van der Waals surface area contributed by atoms with Gasteiger partial charge in [0.1, 0.15) is 0 Å². The fourth-order valence-corrected chi connectivity index (χ4v) is 3.49. The van der Waals surface area contributed by atoms with Gasteiger partial charge in [-0.3, -0.25) is 4.79 Å². The van der Waals surface area contributed by atoms with E-state index < -0.39 is 0 Å². The summed E-state index contributed by atoms with van der Waals surface area (Å²) in [6.45, 7) is 4.90. The van der Waals surface area contributed by atoms with Crippen molar-refractivity contribution in [2.24, 2.45) is 0 Å². The Kier molecular flexibility index (Phi) is 6.53. The van der Waals surface area contributed by atoms with Crippen molar-refractivity contribution in [3.63, 3.8) is 0 Å². The monoisotopic (exact) mass is 400 g/mol. The van der Waals surface area contributed by atoms with Crippen LogP contribution in [-0.2, 0) is 11.3 Å². The van der Waals surface area contributed by atoms with Crippen molar-refractivity contribution in [3.8, 4) is 11.4 Å². The second-order valence-corrected chi connectivity index (χ2v) is 7.55. The van der Waals surface area contributed by atoms with Crippen molar-refractivity contribution in [1.82, 2.24) is 14.8 Å². The predicted molar refractivity (Wildman–Crippen MR) is 111 cm³/mol. The average molecular weight is 401 g/mol. The van der Waals surface area contributed by atoms with Gasteiger partial charge in [0.05, 0.1) is 5.75 Å². The van der Waals surface area contributed by atoms with Gasteiger partial charge >= 0.3 is 0 Å². The third-order valence-corrected chi connectivity index (χ3v) is 5.15. The molecular weight excluding hydrogens is 380 g/mol. The summed E-state index contributed by atoms with van der Waals surface area (Å²) >= 11 is 7.36. The van der Waals surface area contributed by atoms with Crippen LogP contribution in [0.3, 0.4) is 0 Å². The van der Waals surface area contributed by atoms with Crippen molar-refractivity contribution in [1.29, 1.82) is 0 Å². The van der Waals surface area contributed by atoms with Gasteiger partial charge in [-0.1, -0.05) is 48.0 Å². The van der Waals surface area contributed by atoms with Crippen LogP contribution in [0, 0.1) is 6.92 Å². The number of aromatic nitrogens is 3. The van der Waals surface area contributed by atoms with Gasteiger partial charge in [0, 0.05) is 22.8 Å². The molecule has 0 aliphatic rings. The Bertz CT molecular complexity index is 907. The van der Waals surface area contributed by atoms with E-state index in [2.05, 4.69) is 22.4 Å². The highest BCUT2D eigenvalue weighted by Gasteiger charge is 2.15. The summed E-state index contributed by atoms with van der Waals surface area (Å²) in [6.07, 6.45) is 0.946. The molecule has 0 saturated carbocycles. The van der Waals surface area contributed by atoms with Crippen LogP contribution in [0.25, 0.3) is 11.4 Å². The van der Waals surface area contributed by atoms with Crippen LogP contribution in [0.4, 0.5) is 5.69 Å². The predicted octanol–water partition coefficient (Wildman–Crippen LogP) is 5.05. The number of hydrogen-bond donors (Lipinski definition) is 1.